The average Bonchev–Trinajstić information content (AvgIpc) is 2.27. The Labute approximate surface area is 95.5 Å². The lowest BCUT2D eigenvalue weighted by atomic mass is 10.1. The number of urea groups is 1. The van der Waals surface area contributed by atoms with Crippen LogP contribution in [0.3, 0.4) is 0 Å². The Morgan fingerprint density at radius 2 is 1.50 bits per heavy atom. The van der Waals surface area contributed by atoms with E-state index in [1.165, 1.54) is 16.7 Å². The van der Waals surface area contributed by atoms with E-state index in [1.807, 2.05) is 0 Å². The standard InChI is InChI=1S/C12H16N2O2/c1-9(15)10-5-7-11(8-6-10)14(4)12(16)13(2)3/h5-8H,1-4H3. The van der Waals surface area contributed by atoms with Gasteiger partial charge in [0.15, 0.2) is 5.78 Å². The Bertz CT molecular complexity index is 396. The van der Waals surface area contributed by atoms with Crippen LogP contribution in [0.5, 0.6) is 0 Å². The van der Waals surface area contributed by atoms with Crippen molar-refractivity contribution in [1.82, 2.24) is 4.90 Å². The summed E-state index contributed by atoms with van der Waals surface area (Å²) >= 11 is 0. The zero-order valence-electron chi connectivity index (χ0n) is 10.0. The molecular weight excluding hydrogens is 204 g/mol. The summed E-state index contributed by atoms with van der Waals surface area (Å²) in [6.07, 6.45) is 0. The van der Waals surface area contributed by atoms with Crippen molar-refractivity contribution in [3.63, 3.8) is 0 Å². The van der Waals surface area contributed by atoms with Gasteiger partial charge in [0.1, 0.15) is 0 Å². The highest BCUT2D eigenvalue weighted by molar-refractivity contribution is 5.95. The molecule has 16 heavy (non-hydrogen) atoms. The molecule has 0 fully saturated rings. The summed E-state index contributed by atoms with van der Waals surface area (Å²) in [4.78, 5) is 25.8. The number of hydrogen-bond donors (Lipinski definition) is 0. The van der Waals surface area contributed by atoms with Crippen LogP contribution in [0.2, 0.25) is 0 Å². The van der Waals surface area contributed by atoms with Gasteiger partial charge in [-0.25, -0.2) is 4.79 Å². The topological polar surface area (TPSA) is 40.6 Å². The molecule has 1 rings (SSSR count). The molecule has 2 amide bonds. The Morgan fingerprint density at radius 1 is 1.00 bits per heavy atom. The second-order valence-electron chi connectivity index (χ2n) is 3.84. The molecule has 0 saturated carbocycles. The van der Waals surface area contributed by atoms with E-state index >= 15 is 0 Å². The first-order valence-corrected chi connectivity index (χ1v) is 4.99. The molecule has 4 heteroatoms. The zero-order valence-corrected chi connectivity index (χ0v) is 10.0. The minimum Gasteiger partial charge on any atom is -0.330 e. The van der Waals surface area contributed by atoms with E-state index in [4.69, 9.17) is 0 Å². The fourth-order valence-electron chi connectivity index (χ4n) is 1.33. The largest absolute Gasteiger partial charge is 0.330 e. The molecule has 86 valence electrons. The van der Waals surface area contributed by atoms with Gasteiger partial charge in [0.05, 0.1) is 0 Å². The number of benzene rings is 1. The second-order valence-corrected chi connectivity index (χ2v) is 3.84. The van der Waals surface area contributed by atoms with Crippen molar-refractivity contribution in [3.05, 3.63) is 29.8 Å². The van der Waals surface area contributed by atoms with Crippen molar-refractivity contribution in [1.29, 1.82) is 0 Å². The van der Waals surface area contributed by atoms with Crippen molar-refractivity contribution < 1.29 is 9.59 Å². The predicted molar refractivity (Wildman–Crippen MR) is 63.9 cm³/mol. The predicted octanol–water partition coefficient (Wildman–Crippen LogP) is 2.01. The van der Waals surface area contributed by atoms with Crippen molar-refractivity contribution in [2.45, 2.75) is 6.92 Å². The van der Waals surface area contributed by atoms with E-state index in [1.54, 1.807) is 45.4 Å². The maximum absolute atomic E-state index is 11.6. The number of carbonyl (C=O) groups excluding carboxylic acids is 2. The lowest BCUT2D eigenvalue weighted by Gasteiger charge is -2.21. The third kappa shape index (κ3) is 2.59. The van der Waals surface area contributed by atoms with Crippen LogP contribution in [0, 0.1) is 0 Å². The normalized spacial score (nSPS) is 9.75. The van der Waals surface area contributed by atoms with E-state index in [-0.39, 0.29) is 11.8 Å². The first-order chi connectivity index (χ1) is 7.43. The molecule has 0 aromatic heterocycles. The maximum atomic E-state index is 11.6. The summed E-state index contributed by atoms with van der Waals surface area (Å²) in [7, 11) is 5.09. The molecule has 4 nitrogen and oxygen atoms in total. The summed E-state index contributed by atoms with van der Waals surface area (Å²) in [5.74, 6) is 0.0214. The van der Waals surface area contributed by atoms with E-state index in [9.17, 15) is 9.59 Å². The molecule has 0 aliphatic rings. The van der Waals surface area contributed by atoms with Gasteiger partial charge in [-0.15, -0.1) is 0 Å². The van der Waals surface area contributed by atoms with Crippen molar-refractivity contribution in [2.75, 3.05) is 26.0 Å². The number of hydrogen-bond acceptors (Lipinski definition) is 2. The lowest BCUT2D eigenvalue weighted by molar-refractivity contribution is 0.101. The molecule has 1 aromatic carbocycles. The molecule has 0 unspecified atom stereocenters. The fraction of sp³-hybridized carbons (Fsp3) is 0.333. The van der Waals surface area contributed by atoms with Gasteiger partial charge in [-0.05, 0) is 31.2 Å². The third-order valence-corrected chi connectivity index (χ3v) is 2.33. The van der Waals surface area contributed by atoms with Crippen molar-refractivity contribution >= 4 is 17.5 Å². The van der Waals surface area contributed by atoms with Crippen LogP contribution in [0.25, 0.3) is 0 Å². The van der Waals surface area contributed by atoms with Crippen LogP contribution in [-0.4, -0.2) is 37.9 Å². The maximum Gasteiger partial charge on any atom is 0.323 e. The first-order valence-electron chi connectivity index (χ1n) is 4.99. The SMILES string of the molecule is CC(=O)c1ccc(N(C)C(=O)N(C)C)cc1. The molecule has 0 atom stereocenters. The second kappa shape index (κ2) is 4.79. The van der Waals surface area contributed by atoms with E-state index in [2.05, 4.69) is 0 Å². The Morgan fingerprint density at radius 3 is 1.88 bits per heavy atom. The lowest BCUT2D eigenvalue weighted by Crippen LogP contribution is -2.36. The number of amides is 2. The van der Waals surface area contributed by atoms with Gasteiger partial charge in [0.25, 0.3) is 0 Å². The van der Waals surface area contributed by atoms with E-state index in [0.717, 1.165) is 5.69 Å². The van der Waals surface area contributed by atoms with Crippen molar-refractivity contribution in [3.8, 4) is 0 Å². The smallest absolute Gasteiger partial charge is 0.323 e. The van der Waals surface area contributed by atoms with Crippen LogP contribution >= 0.6 is 0 Å². The Hall–Kier alpha value is -1.84. The summed E-state index contributed by atoms with van der Waals surface area (Å²) < 4.78 is 0. The average molecular weight is 220 g/mol. The van der Waals surface area contributed by atoms with Crippen LogP contribution in [0.15, 0.2) is 24.3 Å². The molecular formula is C12H16N2O2. The summed E-state index contributed by atoms with van der Waals surface area (Å²) in [6, 6.07) is 6.86. The quantitative estimate of drug-likeness (QED) is 0.715. The van der Waals surface area contributed by atoms with Gasteiger partial charge in [0.2, 0.25) is 0 Å². The molecule has 0 heterocycles. The van der Waals surface area contributed by atoms with Crippen LogP contribution in [0.1, 0.15) is 17.3 Å². The minimum absolute atomic E-state index is 0.0214. The number of ketones is 1. The number of nitrogens with zero attached hydrogens (tertiary/aromatic N) is 2. The molecule has 0 radical (unpaired) electrons. The van der Waals surface area contributed by atoms with Crippen molar-refractivity contribution in [2.24, 2.45) is 0 Å². The van der Waals surface area contributed by atoms with Gasteiger partial charge in [-0.3, -0.25) is 9.69 Å². The highest BCUT2D eigenvalue weighted by Crippen LogP contribution is 2.15. The molecule has 0 aliphatic heterocycles. The zero-order chi connectivity index (χ0) is 12.3. The third-order valence-electron chi connectivity index (χ3n) is 2.33. The monoisotopic (exact) mass is 220 g/mol. The Kier molecular flexibility index (Phi) is 3.66. The van der Waals surface area contributed by atoms with Crippen LogP contribution in [-0.2, 0) is 0 Å². The van der Waals surface area contributed by atoms with E-state index < -0.39 is 0 Å². The minimum atomic E-state index is -0.101. The fourth-order valence-corrected chi connectivity index (χ4v) is 1.33. The molecule has 0 bridgehead atoms. The first kappa shape index (κ1) is 12.2. The summed E-state index contributed by atoms with van der Waals surface area (Å²) in [6.45, 7) is 1.52. The summed E-state index contributed by atoms with van der Waals surface area (Å²) in [5.41, 5.74) is 1.41. The number of anilines is 1. The molecule has 1 aromatic rings. The number of rotatable bonds is 2. The van der Waals surface area contributed by atoms with Crippen LogP contribution in [0.4, 0.5) is 10.5 Å². The molecule has 0 saturated heterocycles. The van der Waals surface area contributed by atoms with Gasteiger partial charge in [0, 0.05) is 32.4 Å². The molecule has 0 aliphatic carbocycles. The van der Waals surface area contributed by atoms with Gasteiger partial charge < -0.3 is 4.90 Å². The molecule has 0 spiro atoms. The summed E-state index contributed by atoms with van der Waals surface area (Å²) in [5, 5.41) is 0. The Balaban J connectivity index is 2.89. The van der Waals surface area contributed by atoms with E-state index in [0.29, 0.717) is 5.56 Å². The van der Waals surface area contributed by atoms with Gasteiger partial charge in [-0.1, -0.05) is 0 Å². The molecule has 0 N–H and O–H groups in total. The highest BCUT2D eigenvalue weighted by atomic mass is 16.2. The highest BCUT2D eigenvalue weighted by Gasteiger charge is 2.12. The number of carbonyl (C=O) groups is 2. The van der Waals surface area contributed by atoms with Gasteiger partial charge >= 0.3 is 6.03 Å². The number of Topliss-reactive ketones (excluding diaryl/α,β-unsaturated/α-hetero) is 1. The van der Waals surface area contributed by atoms with Gasteiger partial charge in [-0.2, -0.15) is 0 Å². The van der Waals surface area contributed by atoms with Crippen LogP contribution < -0.4 is 4.90 Å².